The third kappa shape index (κ3) is 3.27. The standard InChI is InChI=1S/C18H28N2O2/c1-6-14(19)10-20-15-9-13(11(2)3)7-8-16(15)22-17(12(4)5)18(20)21/h7-9,11-12,14,17H,6,10,19H2,1-5H3. The van der Waals surface area contributed by atoms with Gasteiger partial charge in [0.15, 0.2) is 6.10 Å². The molecule has 2 atom stereocenters. The number of rotatable bonds is 5. The fraction of sp³-hybridized carbons (Fsp3) is 0.611. The van der Waals surface area contributed by atoms with Gasteiger partial charge in [-0.05, 0) is 36.0 Å². The molecule has 4 nitrogen and oxygen atoms in total. The minimum atomic E-state index is -0.429. The topological polar surface area (TPSA) is 55.6 Å². The van der Waals surface area contributed by atoms with Crippen molar-refractivity contribution in [1.29, 1.82) is 0 Å². The molecule has 122 valence electrons. The Labute approximate surface area is 133 Å². The van der Waals surface area contributed by atoms with Gasteiger partial charge in [0.05, 0.1) is 5.69 Å². The van der Waals surface area contributed by atoms with E-state index in [0.717, 1.165) is 17.9 Å². The maximum atomic E-state index is 12.8. The van der Waals surface area contributed by atoms with Crippen LogP contribution in [0.25, 0.3) is 0 Å². The number of hydrogen-bond donors (Lipinski definition) is 1. The lowest BCUT2D eigenvalue weighted by molar-refractivity contribution is -0.128. The molecule has 2 N–H and O–H groups in total. The van der Waals surface area contributed by atoms with E-state index in [0.29, 0.717) is 12.5 Å². The SMILES string of the molecule is CCC(N)CN1C(=O)C(C(C)C)Oc2ccc(C(C)C)cc21. The Morgan fingerprint density at radius 2 is 1.95 bits per heavy atom. The van der Waals surface area contributed by atoms with E-state index in [1.54, 1.807) is 0 Å². The third-order valence-electron chi connectivity index (χ3n) is 4.25. The number of nitrogens with two attached hydrogens (primary N) is 1. The first-order valence-electron chi connectivity index (χ1n) is 8.22. The fourth-order valence-corrected chi connectivity index (χ4v) is 2.64. The van der Waals surface area contributed by atoms with Crippen molar-refractivity contribution >= 4 is 11.6 Å². The quantitative estimate of drug-likeness (QED) is 0.908. The van der Waals surface area contributed by atoms with Gasteiger partial charge >= 0.3 is 0 Å². The van der Waals surface area contributed by atoms with Crippen LogP contribution in [0.4, 0.5) is 5.69 Å². The van der Waals surface area contributed by atoms with Crippen molar-refractivity contribution in [3.63, 3.8) is 0 Å². The van der Waals surface area contributed by atoms with Crippen LogP contribution in [0.5, 0.6) is 5.75 Å². The van der Waals surface area contributed by atoms with Gasteiger partial charge < -0.3 is 15.4 Å². The van der Waals surface area contributed by atoms with Crippen molar-refractivity contribution in [2.45, 2.75) is 59.1 Å². The van der Waals surface area contributed by atoms with E-state index < -0.39 is 6.10 Å². The van der Waals surface area contributed by atoms with Crippen molar-refractivity contribution in [2.75, 3.05) is 11.4 Å². The third-order valence-corrected chi connectivity index (χ3v) is 4.25. The molecule has 1 heterocycles. The van der Waals surface area contributed by atoms with Gasteiger partial charge in [0.25, 0.3) is 5.91 Å². The van der Waals surface area contributed by atoms with Crippen LogP contribution in [0, 0.1) is 5.92 Å². The van der Waals surface area contributed by atoms with Crippen LogP contribution in [0.3, 0.4) is 0 Å². The molecule has 1 amide bonds. The monoisotopic (exact) mass is 304 g/mol. The molecule has 2 rings (SSSR count). The average Bonchev–Trinajstić information content (AvgIpc) is 2.48. The number of nitrogens with zero attached hydrogens (tertiary/aromatic N) is 1. The van der Waals surface area contributed by atoms with Crippen LogP contribution in [0.1, 0.15) is 52.5 Å². The highest BCUT2D eigenvalue weighted by molar-refractivity contribution is 6.00. The first-order valence-corrected chi connectivity index (χ1v) is 8.22. The lowest BCUT2D eigenvalue weighted by Crippen LogP contribution is -2.51. The second-order valence-corrected chi connectivity index (χ2v) is 6.78. The van der Waals surface area contributed by atoms with E-state index in [1.807, 2.05) is 31.7 Å². The molecule has 0 saturated carbocycles. The minimum absolute atomic E-state index is 0.0207. The molecule has 1 aliphatic rings. The lowest BCUT2D eigenvalue weighted by atomic mass is 9.98. The van der Waals surface area contributed by atoms with E-state index in [2.05, 4.69) is 26.0 Å². The van der Waals surface area contributed by atoms with Gasteiger partial charge in [-0.3, -0.25) is 4.79 Å². The highest BCUT2D eigenvalue weighted by Crippen LogP contribution is 2.37. The molecule has 0 aliphatic carbocycles. The fourth-order valence-electron chi connectivity index (χ4n) is 2.64. The molecule has 0 bridgehead atoms. The number of amides is 1. The zero-order chi connectivity index (χ0) is 16.4. The minimum Gasteiger partial charge on any atom is -0.478 e. The van der Waals surface area contributed by atoms with Crippen LogP contribution < -0.4 is 15.4 Å². The molecule has 0 fully saturated rings. The summed E-state index contributed by atoms with van der Waals surface area (Å²) >= 11 is 0. The van der Waals surface area contributed by atoms with E-state index in [-0.39, 0.29) is 17.9 Å². The molecule has 0 spiro atoms. The van der Waals surface area contributed by atoms with E-state index in [4.69, 9.17) is 10.5 Å². The molecule has 1 aromatic rings. The average molecular weight is 304 g/mol. The smallest absolute Gasteiger partial charge is 0.268 e. The van der Waals surface area contributed by atoms with Crippen molar-refractivity contribution in [3.8, 4) is 5.75 Å². The normalized spacial score (nSPS) is 19.4. The Morgan fingerprint density at radius 3 is 2.50 bits per heavy atom. The summed E-state index contributed by atoms with van der Waals surface area (Å²) in [6.07, 6.45) is 0.414. The van der Waals surface area contributed by atoms with Crippen molar-refractivity contribution in [2.24, 2.45) is 11.7 Å². The number of ether oxygens (including phenoxy) is 1. The van der Waals surface area contributed by atoms with Gasteiger partial charge in [0, 0.05) is 12.6 Å². The van der Waals surface area contributed by atoms with Gasteiger partial charge in [0.1, 0.15) is 5.75 Å². The summed E-state index contributed by atoms with van der Waals surface area (Å²) in [4.78, 5) is 14.6. The summed E-state index contributed by atoms with van der Waals surface area (Å²) in [5.41, 5.74) is 8.17. The Morgan fingerprint density at radius 1 is 1.27 bits per heavy atom. The first-order chi connectivity index (χ1) is 10.3. The molecule has 0 aromatic heterocycles. The molecular formula is C18H28N2O2. The number of carbonyl (C=O) groups is 1. The van der Waals surface area contributed by atoms with Gasteiger partial charge in [-0.1, -0.05) is 40.7 Å². The molecule has 0 radical (unpaired) electrons. The van der Waals surface area contributed by atoms with Gasteiger partial charge in [-0.25, -0.2) is 0 Å². The largest absolute Gasteiger partial charge is 0.478 e. The summed E-state index contributed by atoms with van der Waals surface area (Å²) in [6, 6.07) is 6.10. The summed E-state index contributed by atoms with van der Waals surface area (Å²) in [5.74, 6) is 1.34. The highest BCUT2D eigenvalue weighted by Gasteiger charge is 2.36. The molecule has 2 unspecified atom stereocenters. The van der Waals surface area contributed by atoms with Crippen molar-refractivity contribution in [3.05, 3.63) is 23.8 Å². The van der Waals surface area contributed by atoms with Gasteiger partial charge in [-0.15, -0.1) is 0 Å². The first kappa shape index (κ1) is 16.8. The molecular weight excluding hydrogens is 276 g/mol. The molecule has 1 aliphatic heterocycles. The zero-order valence-corrected chi connectivity index (χ0v) is 14.3. The Bertz CT molecular complexity index is 540. The van der Waals surface area contributed by atoms with Gasteiger partial charge in [-0.2, -0.15) is 0 Å². The molecule has 22 heavy (non-hydrogen) atoms. The molecule has 4 heteroatoms. The highest BCUT2D eigenvalue weighted by atomic mass is 16.5. The Kier molecular flexibility index (Phi) is 5.12. The zero-order valence-electron chi connectivity index (χ0n) is 14.3. The Balaban J connectivity index is 2.44. The Hall–Kier alpha value is -1.55. The van der Waals surface area contributed by atoms with Crippen LogP contribution in [0.2, 0.25) is 0 Å². The molecule has 0 saturated heterocycles. The summed E-state index contributed by atoms with van der Waals surface area (Å²) < 4.78 is 5.95. The predicted molar refractivity (Wildman–Crippen MR) is 90.4 cm³/mol. The second-order valence-electron chi connectivity index (χ2n) is 6.78. The summed E-state index contributed by atoms with van der Waals surface area (Å²) in [5, 5.41) is 0. The van der Waals surface area contributed by atoms with E-state index in [9.17, 15) is 4.79 Å². The number of hydrogen-bond acceptors (Lipinski definition) is 3. The predicted octanol–water partition coefficient (Wildman–Crippen LogP) is 3.30. The number of anilines is 1. The second kappa shape index (κ2) is 6.69. The maximum absolute atomic E-state index is 12.8. The summed E-state index contributed by atoms with van der Waals surface area (Å²) in [6.45, 7) is 10.9. The maximum Gasteiger partial charge on any atom is 0.268 e. The van der Waals surface area contributed by atoms with Gasteiger partial charge in [0.2, 0.25) is 0 Å². The van der Waals surface area contributed by atoms with E-state index in [1.165, 1.54) is 5.56 Å². The lowest BCUT2D eigenvalue weighted by Gasteiger charge is -2.37. The number of fused-ring (bicyclic) bond motifs is 1. The van der Waals surface area contributed by atoms with Crippen LogP contribution in [-0.4, -0.2) is 24.6 Å². The summed E-state index contributed by atoms with van der Waals surface area (Å²) in [7, 11) is 0. The molecule has 1 aromatic carbocycles. The van der Waals surface area contributed by atoms with E-state index >= 15 is 0 Å². The van der Waals surface area contributed by atoms with Crippen molar-refractivity contribution in [1.82, 2.24) is 0 Å². The van der Waals surface area contributed by atoms with Crippen molar-refractivity contribution < 1.29 is 9.53 Å². The van der Waals surface area contributed by atoms with Crippen LogP contribution >= 0.6 is 0 Å². The number of benzene rings is 1. The number of carbonyl (C=O) groups excluding carboxylic acids is 1. The van der Waals surface area contributed by atoms with Crippen LogP contribution in [0.15, 0.2) is 18.2 Å². The van der Waals surface area contributed by atoms with Crippen LogP contribution in [-0.2, 0) is 4.79 Å².